The largest absolute Gasteiger partial charge is 2.00 e. The smallest absolute Gasteiger partial charge is 0.550 e. The molecule has 0 unspecified atom stereocenters. The van der Waals surface area contributed by atoms with E-state index in [9.17, 15) is 0 Å². The van der Waals surface area contributed by atoms with Crippen molar-refractivity contribution in [2.75, 3.05) is 18.4 Å². The summed E-state index contributed by atoms with van der Waals surface area (Å²) in [5, 5.41) is 15.5. The van der Waals surface area contributed by atoms with Crippen LogP contribution >= 0.6 is 0 Å². The van der Waals surface area contributed by atoms with Gasteiger partial charge in [-0.2, -0.15) is 0 Å². The van der Waals surface area contributed by atoms with Crippen LogP contribution in [0.1, 0.15) is 56.9 Å². The van der Waals surface area contributed by atoms with E-state index in [1.807, 2.05) is 0 Å². The van der Waals surface area contributed by atoms with Gasteiger partial charge in [-0.05, 0) is 49.8 Å². The second-order valence-corrected chi connectivity index (χ2v) is 6.08. The van der Waals surface area contributed by atoms with E-state index >= 15 is 0 Å². The number of benzene rings is 1. The van der Waals surface area contributed by atoms with Gasteiger partial charge in [0.25, 0.3) is 0 Å². The quantitative estimate of drug-likeness (QED) is 0.772. The van der Waals surface area contributed by atoms with Crippen molar-refractivity contribution in [1.82, 2.24) is 5.32 Å². The molecule has 6 heteroatoms. The summed E-state index contributed by atoms with van der Waals surface area (Å²) in [4.78, 5) is 13.3. The van der Waals surface area contributed by atoms with Gasteiger partial charge in [0.15, 0.2) is 5.96 Å². The van der Waals surface area contributed by atoms with Gasteiger partial charge >= 0.3 is 17.1 Å². The molecule has 24 heavy (non-hydrogen) atoms. The van der Waals surface area contributed by atoms with E-state index in [1.54, 1.807) is 0 Å². The molecular weight excluding hydrogens is 354 g/mol. The van der Waals surface area contributed by atoms with Crippen LogP contribution in [0.4, 0.5) is 5.69 Å². The first kappa shape index (κ1) is 20.5. The minimum absolute atomic E-state index is 0. The molecule has 0 bridgehead atoms. The van der Waals surface area contributed by atoms with Gasteiger partial charge in [0, 0.05) is 24.7 Å². The Morgan fingerprint density at radius 2 is 1.79 bits per heavy atom. The predicted octanol–water partition coefficient (Wildman–Crippen LogP) is 2.25. The van der Waals surface area contributed by atoms with Crippen molar-refractivity contribution in [3.8, 4) is 0 Å². The van der Waals surface area contributed by atoms with Crippen LogP contribution in [0, 0.1) is 0 Å². The third kappa shape index (κ3) is 7.37. The standard InChI is InChI=1S/C16H23N3.C2H4O2.Cu/c1-2-5-13(6-3-1)14-7-9-15(10-8-14)19-16-17-11-4-12-18-16;1-2(3)4;/h7-10,13H,1-6,11-12H2,(H2,17,18,19);1H3,(H,3,4);/q;;+2/p-1. The molecule has 135 valence electrons. The molecule has 3 rings (SSSR count). The summed E-state index contributed by atoms with van der Waals surface area (Å²) in [6, 6.07) is 8.93. The minimum Gasteiger partial charge on any atom is -0.550 e. The average Bonchev–Trinajstić information content (AvgIpc) is 2.57. The number of carboxylic acids is 1. The molecule has 5 nitrogen and oxygen atoms in total. The maximum absolute atomic E-state index is 8.89. The molecule has 0 saturated heterocycles. The first-order valence-corrected chi connectivity index (χ1v) is 8.48. The number of nitrogens with zero attached hydrogens (tertiary/aromatic N) is 1. The van der Waals surface area contributed by atoms with Crippen molar-refractivity contribution < 1.29 is 27.0 Å². The number of carbonyl (C=O) groups excluding carboxylic acids is 1. The average molecular weight is 380 g/mol. The normalized spacial score (nSPS) is 17.3. The first-order valence-electron chi connectivity index (χ1n) is 8.48. The van der Waals surface area contributed by atoms with E-state index in [-0.39, 0.29) is 17.1 Å². The molecule has 2 N–H and O–H groups in total. The third-order valence-corrected chi connectivity index (χ3v) is 4.15. The monoisotopic (exact) mass is 379 g/mol. The molecule has 1 fully saturated rings. The van der Waals surface area contributed by atoms with Crippen LogP contribution in [0.5, 0.6) is 0 Å². The number of carbonyl (C=O) groups is 1. The number of guanidine groups is 1. The summed E-state index contributed by atoms with van der Waals surface area (Å²) in [6.07, 6.45) is 8.06. The minimum atomic E-state index is -1.08. The molecule has 1 aliphatic carbocycles. The van der Waals surface area contributed by atoms with Crippen molar-refractivity contribution in [1.29, 1.82) is 0 Å². The second-order valence-electron chi connectivity index (χ2n) is 6.08. The van der Waals surface area contributed by atoms with E-state index in [4.69, 9.17) is 9.90 Å². The van der Waals surface area contributed by atoms with Crippen LogP contribution in [-0.2, 0) is 21.9 Å². The van der Waals surface area contributed by atoms with Crippen LogP contribution < -0.4 is 15.7 Å². The fraction of sp³-hybridized carbons (Fsp3) is 0.556. The topological polar surface area (TPSA) is 76.5 Å². The Morgan fingerprint density at radius 1 is 1.17 bits per heavy atom. The van der Waals surface area contributed by atoms with Gasteiger partial charge in [0.1, 0.15) is 0 Å². The Balaban J connectivity index is 0.000000522. The van der Waals surface area contributed by atoms with Crippen LogP contribution in [0.3, 0.4) is 0 Å². The van der Waals surface area contributed by atoms with E-state index in [0.717, 1.165) is 44.0 Å². The molecule has 1 aromatic carbocycles. The maximum atomic E-state index is 8.89. The molecule has 1 radical (unpaired) electrons. The van der Waals surface area contributed by atoms with Crippen molar-refractivity contribution >= 4 is 17.6 Å². The molecule has 0 spiro atoms. The molecule has 1 heterocycles. The van der Waals surface area contributed by atoms with Gasteiger partial charge < -0.3 is 20.5 Å². The van der Waals surface area contributed by atoms with Crippen LogP contribution in [0.15, 0.2) is 29.3 Å². The number of hydrogen-bond donors (Lipinski definition) is 2. The zero-order chi connectivity index (χ0) is 16.5. The molecule has 1 saturated carbocycles. The fourth-order valence-electron chi connectivity index (χ4n) is 3.03. The summed E-state index contributed by atoms with van der Waals surface area (Å²) in [5.74, 6) is 0.615. The Kier molecular flexibility index (Phi) is 9.50. The third-order valence-electron chi connectivity index (χ3n) is 4.15. The number of rotatable bonds is 2. The molecule has 0 atom stereocenters. The van der Waals surface area contributed by atoms with Crippen molar-refractivity contribution in [2.24, 2.45) is 4.99 Å². The predicted molar refractivity (Wildman–Crippen MR) is 91.5 cm³/mol. The molecule has 1 aliphatic heterocycles. The summed E-state index contributed by atoms with van der Waals surface area (Å²) in [6.45, 7) is 2.92. The van der Waals surface area contributed by atoms with Crippen molar-refractivity contribution in [3.63, 3.8) is 0 Å². The van der Waals surface area contributed by atoms with Gasteiger partial charge in [-0.15, -0.1) is 0 Å². The molecule has 2 aliphatic rings. The number of anilines is 1. The SMILES string of the molecule is CC(=O)[O-].[Cu+2].c1cc(C2CCCCC2)ccc1NC1=NCCCN1. The van der Waals surface area contributed by atoms with Gasteiger partial charge in [-0.25, -0.2) is 0 Å². The Hall–Kier alpha value is -1.52. The second kappa shape index (κ2) is 11.1. The van der Waals surface area contributed by atoms with Crippen LogP contribution in [0.2, 0.25) is 0 Å². The summed E-state index contributed by atoms with van der Waals surface area (Å²) in [7, 11) is 0. The van der Waals surface area contributed by atoms with E-state index < -0.39 is 5.97 Å². The van der Waals surface area contributed by atoms with Gasteiger partial charge in [-0.1, -0.05) is 31.4 Å². The number of nitrogens with one attached hydrogen (secondary N) is 2. The summed E-state index contributed by atoms with van der Waals surface area (Å²) < 4.78 is 0. The first-order chi connectivity index (χ1) is 11.1. The molecular formula is C18H26CuN3O2+. The number of aliphatic imine (C=N–C) groups is 1. The zero-order valence-electron chi connectivity index (χ0n) is 14.1. The van der Waals surface area contributed by atoms with Crippen molar-refractivity contribution in [2.45, 2.75) is 51.4 Å². The molecule has 0 amide bonds. The van der Waals surface area contributed by atoms with Gasteiger partial charge in [-0.3, -0.25) is 4.99 Å². The summed E-state index contributed by atoms with van der Waals surface area (Å²) in [5.41, 5.74) is 2.64. The van der Waals surface area contributed by atoms with E-state index in [2.05, 4.69) is 39.9 Å². The van der Waals surface area contributed by atoms with E-state index in [1.165, 1.54) is 37.7 Å². The van der Waals surface area contributed by atoms with Crippen LogP contribution in [0.25, 0.3) is 0 Å². The zero-order valence-corrected chi connectivity index (χ0v) is 15.1. The van der Waals surface area contributed by atoms with Crippen molar-refractivity contribution in [3.05, 3.63) is 29.8 Å². The number of carboxylic acid groups (broad SMARTS) is 1. The number of aliphatic carboxylic acids is 1. The maximum Gasteiger partial charge on any atom is 2.00 e. The Morgan fingerprint density at radius 3 is 2.33 bits per heavy atom. The number of hydrogen-bond acceptors (Lipinski definition) is 5. The van der Waals surface area contributed by atoms with Gasteiger partial charge in [0.05, 0.1) is 0 Å². The molecule has 0 aromatic heterocycles. The van der Waals surface area contributed by atoms with Gasteiger partial charge in [0.2, 0.25) is 0 Å². The van der Waals surface area contributed by atoms with E-state index in [0.29, 0.717) is 0 Å². The Labute approximate surface area is 154 Å². The molecule has 1 aromatic rings. The summed E-state index contributed by atoms with van der Waals surface area (Å²) >= 11 is 0. The Bertz CT molecular complexity index is 522. The van der Waals surface area contributed by atoms with Crippen LogP contribution in [-0.4, -0.2) is 25.0 Å². The fourth-order valence-corrected chi connectivity index (χ4v) is 3.03.